The Balaban J connectivity index is 1.33. The first-order valence-electron chi connectivity index (χ1n) is 10.9. The summed E-state index contributed by atoms with van der Waals surface area (Å²) in [4.78, 5) is 34.2. The fourth-order valence-corrected chi connectivity index (χ4v) is 5.91. The minimum atomic E-state index is -0.232. The third-order valence-corrected chi connectivity index (χ3v) is 7.98. The van der Waals surface area contributed by atoms with E-state index in [1.165, 1.54) is 6.07 Å². The SMILES string of the molecule is Cc1csc(SCc2c(C(=O)N3CCN(C(=O)c4ccccc4O)CC3)oc3ccccc23)n1. The molecule has 4 aromatic rings. The number of piperazine rings is 1. The maximum atomic E-state index is 13.5. The van der Waals surface area contributed by atoms with Crippen molar-refractivity contribution >= 4 is 45.9 Å². The predicted molar refractivity (Wildman–Crippen MR) is 133 cm³/mol. The summed E-state index contributed by atoms with van der Waals surface area (Å²) < 4.78 is 6.99. The molecule has 0 bridgehead atoms. The topological polar surface area (TPSA) is 86.9 Å². The van der Waals surface area contributed by atoms with Crippen LogP contribution in [0.15, 0.2) is 62.7 Å². The highest BCUT2D eigenvalue weighted by molar-refractivity contribution is 8.00. The van der Waals surface area contributed by atoms with E-state index in [4.69, 9.17) is 4.42 Å². The van der Waals surface area contributed by atoms with Gasteiger partial charge in [-0.05, 0) is 25.1 Å². The number of carbonyl (C=O) groups excluding carboxylic acids is 2. The van der Waals surface area contributed by atoms with Gasteiger partial charge in [-0.25, -0.2) is 4.98 Å². The average molecular weight is 494 g/mol. The zero-order chi connectivity index (χ0) is 23.7. The summed E-state index contributed by atoms with van der Waals surface area (Å²) in [7, 11) is 0. The number of hydrogen-bond acceptors (Lipinski definition) is 7. The molecule has 7 nitrogen and oxygen atoms in total. The van der Waals surface area contributed by atoms with Gasteiger partial charge in [-0.15, -0.1) is 11.3 Å². The van der Waals surface area contributed by atoms with Crippen molar-refractivity contribution in [3.8, 4) is 5.75 Å². The number of rotatable bonds is 5. The van der Waals surface area contributed by atoms with Crippen LogP contribution in [0.4, 0.5) is 0 Å². The van der Waals surface area contributed by atoms with E-state index in [0.29, 0.717) is 43.3 Å². The van der Waals surface area contributed by atoms with Crippen molar-refractivity contribution in [2.45, 2.75) is 17.0 Å². The predicted octanol–water partition coefficient (Wildman–Crippen LogP) is 4.79. The van der Waals surface area contributed by atoms with Gasteiger partial charge in [0.25, 0.3) is 11.8 Å². The standard InChI is InChI=1S/C25H23N3O4S2/c1-16-14-33-25(26-16)34-15-19-17-6-3-5-9-21(17)32-22(19)24(31)28-12-10-27(11-13-28)23(30)18-7-2-4-8-20(18)29/h2-9,14,29H,10-13,15H2,1H3. The van der Waals surface area contributed by atoms with E-state index in [1.807, 2.05) is 36.6 Å². The second-order valence-electron chi connectivity index (χ2n) is 8.05. The Morgan fingerprint density at radius 1 is 1.03 bits per heavy atom. The minimum Gasteiger partial charge on any atom is -0.507 e. The molecule has 1 fully saturated rings. The highest BCUT2D eigenvalue weighted by Gasteiger charge is 2.30. The number of fused-ring (bicyclic) bond motifs is 1. The van der Waals surface area contributed by atoms with Crippen LogP contribution >= 0.6 is 23.1 Å². The molecule has 2 amide bonds. The lowest BCUT2D eigenvalue weighted by Crippen LogP contribution is -2.50. The number of carbonyl (C=O) groups is 2. The number of hydrogen-bond donors (Lipinski definition) is 1. The Labute approximate surface area is 205 Å². The van der Waals surface area contributed by atoms with Crippen molar-refractivity contribution in [2.24, 2.45) is 0 Å². The molecule has 0 saturated carbocycles. The molecular formula is C25H23N3O4S2. The van der Waals surface area contributed by atoms with Crippen molar-refractivity contribution in [2.75, 3.05) is 26.2 Å². The summed E-state index contributed by atoms with van der Waals surface area (Å²) in [5, 5.41) is 12.9. The number of phenols is 1. The maximum absolute atomic E-state index is 13.5. The summed E-state index contributed by atoms with van der Waals surface area (Å²) in [5.41, 5.74) is 2.81. The molecule has 0 unspecified atom stereocenters. The normalized spacial score (nSPS) is 14.0. The first-order chi connectivity index (χ1) is 16.5. The van der Waals surface area contributed by atoms with Crippen molar-refractivity contribution in [1.82, 2.24) is 14.8 Å². The van der Waals surface area contributed by atoms with Gasteiger partial charge < -0.3 is 19.3 Å². The quantitative estimate of drug-likeness (QED) is 0.402. The Bertz CT molecular complexity index is 1360. The van der Waals surface area contributed by atoms with E-state index in [9.17, 15) is 14.7 Å². The number of aromatic hydroxyl groups is 1. The molecule has 9 heteroatoms. The van der Waals surface area contributed by atoms with Crippen LogP contribution in [0.3, 0.4) is 0 Å². The van der Waals surface area contributed by atoms with E-state index >= 15 is 0 Å². The van der Waals surface area contributed by atoms with E-state index in [-0.39, 0.29) is 23.1 Å². The average Bonchev–Trinajstić information content (AvgIpc) is 3.45. The third kappa shape index (κ3) is 4.41. The van der Waals surface area contributed by atoms with Gasteiger partial charge in [0, 0.05) is 54.0 Å². The smallest absolute Gasteiger partial charge is 0.290 e. The van der Waals surface area contributed by atoms with Crippen molar-refractivity contribution < 1.29 is 19.1 Å². The zero-order valence-electron chi connectivity index (χ0n) is 18.6. The molecule has 1 saturated heterocycles. The van der Waals surface area contributed by atoms with Gasteiger partial charge in [-0.3, -0.25) is 9.59 Å². The summed E-state index contributed by atoms with van der Waals surface area (Å²) in [6.07, 6.45) is 0. The van der Waals surface area contributed by atoms with Gasteiger partial charge >= 0.3 is 0 Å². The molecule has 174 valence electrons. The monoisotopic (exact) mass is 493 g/mol. The summed E-state index contributed by atoms with van der Waals surface area (Å²) in [6.45, 7) is 3.54. The molecule has 0 aliphatic carbocycles. The number of aromatic nitrogens is 1. The number of nitrogens with zero attached hydrogens (tertiary/aromatic N) is 3. The lowest BCUT2D eigenvalue weighted by Gasteiger charge is -2.34. The number of furan rings is 1. The van der Waals surface area contributed by atoms with E-state index in [2.05, 4.69) is 4.98 Å². The van der Waals surface area contributed by atoms with Crippen LogP contribution in [-0.2, 0) is 5.75 Å². The summed E-state index contributed by atoms with van der Waals surface area (Å²) in [5.74, 6) is 0.492. The van der Waals surface area contributed by atoms with Crippen LogP contribution in [0.2, 0.25) is 0 Å². The molecule has 0 spiro atoms. The van der Waals surface area contributed by atoms with Gasteiger partial charge in [0.15, 0.2) is 5.76 Å². The van der Waals surface area contributed by atoms with E-state index < -0.39 is 0 Å². The van der Waals surface area contributed by atoms with Crippen LogP contribution in [0.5, 0.6) is 5.75 Å². The lowest BCUT2D eigenvalue weighted by molar-refractivity contribution is 0.0517. The number of amides is 2. The van der Waals surface area contributed by atoms with Crippen LogP contribution in [0.1, 0.15) is 32.2 Å². The summed E-state index contributed by atoms with van der Waals surface area (Å²) in [6, 6.07) is 14.2. The zero-order valence-corrected chi connectivity index (χ0v) is 20.2. The molecule has 34 heavy (non-hydrogen) atoms. The first-order valence-corrected chi connectivity index (χ1v) is 12.8. The molecule has 1 N–H and O–H groups in total. The number of benzene rings is 2. The number of thioether (sulfide) groups is 1. The summed E-state index contributed by atoms with van der Waals surface area (Å²) >= 11 is 3.19. The molecule has 1 aliphatic rings. The Morgan fingerprint density at radius 2 is 1.71 bits per heavy atom. The van der Waals surface area contributed by atoms with Gasteiger partial charge in [-0.2, -0.15) is 0 Å². The molecule has 0 radical (unpaired) electrons. The van der Waals surface area contributed by atoms with Gasteiger partial charge in [0.1, 0.15) is 15.7 Å². The third-order valence-electron chi connectivity index (χ3n) is 5.82. The number of thiazole rings is 1. The van der Waals surface area contributed by atoms with Crippen molar-refractivity contribution in [1.29, 1.82) is 0 Å². The van der Waals surface area contributed by atoms with Crippen LogP contribution in [0.25, 0.3) is 11.0 Å². The Morgan fingerprint density at radius 3 is 2.41 bits per heavy atom. The number of aryl methyl sites for hydroxylation is 1. The highest BCUT2D eigenvalue weighted by atomic mass is 32.2. The fraction of sp³-hybridized carbons (Fsp3) is 0.240. The van der Waals surface area contributed by atoms with Crippen molar-refractivity contribution in [3.63, 3.8) is 0 Å². The molecule has 3 heterocycles. The second kappa shape index (κ2) is 9.52. The highest BCUT2D eigenvalue weighted by Crippen LogP contribution is 2.34. The first kappa shape index (κ1) is 22.5. The van der Waals surface area contributed by atoms with Crippen LogP contribution in [-0.4, -0.2) is 57.9 Å². The van der Waals surface area contributed by atoms with E-state index in [1.54, 1.807) is 51.1 Å². The second-order valence-corrected chi connectivity index (χ2v) is 10.1. The van der Waals surface area contributed by atoms with Crippen LogP contribution < -0.4 is 0 Å². The van der Waals surface area contributed by atoms with Gasteiger partial charge in [0.2, 0.25) is 0 Å². The molecule has 0 atom stereocenters. The fourth-order valence-electron chi connectivity index (χ4n) is 4.03. The van der Waals surface area contributed by atoms with Crippen molar-refractivity contribution in [3.05, 3.63) is 76.5 Å². The van der Waals surface area contributed by atoms with Crippen LogP contribution in [0, 0.1) is 6.92 Å². The largest absolute Gasteiger partial charge is 0.507 e. The van der Waals surface area contributed by atoms with Gasteiger partial charge in [0.05, 0.1) is 5.56 Å². The molecule has 2 aromatic heterocycles. The molecule has 5 rings (SSSR count). The minimum absolute atomic E-state index is 0.0363. The lowest BCUT2D eigenvalue weighted by atomic mass is 10.1. The van der Waals surface area contributed by atoms with E-state index in [0.717, 1.165) is 21.0 Å². The number of phenolic OH excluding ortho intramolecular Hbond substituents is 1. The molecule has 1 aliphatic heterocycles. The Hall–Kier alpha value is -3.30. The van der Waals surface area contributed by atoms with Gasteiger partial charge in [-0.1, -0.05) is 42.1 Å². The number of para-hydroxylation sites is 2. The Kier molecular flexibility index (Phi) is 6.30. The maximum Gasteiger partial charge on any atom is 0.290 e. The molecular weight excluding hydrogens is 470 g/mol. The molecule has 2 aromatic carbocycles.